The zero-order chi connectivity index (χ0) is 28.7. The molecule has 0 saturated carbocycles. The number of rotatable bonds is 8. The molecule has 1 amide bonds. The van der Waals surface area contributed by atoms with E-state index in [0.717, 1.165) is 17.1 Å². The number of imidazole rings is 1. The van der Waals surface area contributed by atoms with Crippen molar-refractivity contribution in [2.45, 2.75) is 31.0 Å². The number of nitrogens with two attached hydrogens (primary N) is 1. The van der Waals surface area contributed by atoms with Gasteiger partial charge < -0.3 is 20.4 Å². The zero-order valence-corrected chi connectivity index (χ0v) is 21.8. The van der Waals surface area contributed by atoms with Gasteiger partial charge in [0, 0.05) is 31.7 Å². The molecule has 3 rings (SSSR count). The van der Waals surface area contributed by atoms with E-state index in [9.17, 15) is 22.2 Å². The average molecular weight is 553 g/mol. The monoisotopic (exact) mass is 552 g/mol. The van der Waals surface area contributed by atoms with Gasteiger partial charge in [0.05, 0.1) is 38.1 Å². The van der Waals surface area contributed by atoms with Gasteiger partial charge in [0.2, 0.25) is 0 Å². The SMILES string of the molecule is C=O.Cc1cc(NC(=O)c2ncc(-c3cn(CC#N)nc3C(F)(F)F)n2C)ccc1S(C)(=O)=NCCCN. The Labute approximate surface area is 217 Å². The van der Waals surface area contributed by atoms with Crippen molar-refractivity contribution in [1.29, 1.82) is 5.26 Å². The highest BCUT2D eigenvalue weighted by Crippen LogP contribution is 2.36. The highest BCUT2D eigenvalue weighted by atomic mass is 32.2. The zero-order valence-electron chi connectivity index (χ0n) is 20.9. The number of amides is 1. The number of nitrogens with zero attached hydrogens (tertiary/aromatic N) is 6. The predicted molar refractivity (Wildman–Crippen MR) is 135 cm³/mol. The van der Waals surface area contributed by atoms with Gasteiger partial charge in [-0.15, -0.1) is 0 Å². The lowest BCUT2D eigenvalue weighted by atomic mass is 10.2. The third-order valence-corrected chi connectivity index (χ3v) is 7.22. The first kappa shape index (κ1) is 30.2. The number of nitriles is 1. The molecule has 0 spiro atoms. The molecule has 0 fully saturated rings. The summed E-state index contributed by atoms with van der Waals surface area (Å²) in [5.74, 6) is -0.789. The third-order valence-electron chi connectivity index (χ3n) is 5.27. The van der Waals surface area contributed by atoms with Crippen LogP contribution in [0.5, 0.6) is 0 Å². The molecule has 1 atom stereocenters. The summed E-state index contributed by atoms with van der Waals surface area (Å²) in [5, 5.41) is 14.9. The highest BCUT2D eigenvalue weighted by molar-refractivity contribution is 7.93. The van der Waals surface area contributed by atoms with Crippen LogP contribution in [0.2, 0.25) is 0 Å². The van der Waals surface area contributed by atoms with Crippen molar-refractivity contribution in [2.75, 3.05) is 24.7 Å². The molecule has 11 nitrogen and oxygen atoms in total. The first-order valence-electron chi connectivity index (χ1n) is 11.0. The van der Waals surface area contributed by atoms with Crippen LogP contribution in [-0.2, 0) is 34.3 Å². The summed E-state index contributed by atoms with van der Waals surface area (Å²) >= 11 is 0. The lowest BCUT2D eigenvalue weighted by Gasteiger charge is -2.12. The van der Waals surface area contributed by atoms with Crippen LogP contribution in [0, 0.1) is 18.3 Å². The van der Waals surface area contributed by atoms with Crippen LogP contribution < -0.4 is 11.1 Å². The summed E-state index contributed by atoms with van der Waals surface area (Å²) in [6.07, 6.45) is -0.383. The molecule has 1 aromatic carbocycles. The fourth-order valence-corrected chi connectivity index (χ4v) is 5.17. The molecule has 1 unspecified atom stereocenters. The molecule has 15 heteroatoms. The van der Waals surface area contributed by atoms with Gasteiger partial charge in [-0.05, 0) is 43.7 Å². The maximum atomic E-state index is 13.5. The molecule has 2 aromatic heterocycles. The minimum Gasteiger partial charge on any atom is -0.330 e. The summed E-state index contributed by atoms with van der Waals surface area (Å²) in [4.78, 5) is 25.4. The van der Waals surface area contributed by atoms with Crippen LogP contribution >= 0.6 is 0 Å². The number of carbonyl (C=O) groups excluding carboxylic acids is 2. The van der Waals surface area contributed by atoms with Gasteiger partial charge in [-0.3, -0.25) is 9.48 Å². The lowest BCUT2D eigenvalue weighted by Crippen LogP contribution is -2.17. The smallest absolute Gasteiger partial charge is 0.330 e. The molecule has 0 bridgehead atoms. The van der Waals surface area contributed by atoms with Crippen molar-refractivity contribution in [3.8, 4) is 17.3 Å². The third kappa shape index (κ3) is 6.84. The molecule has 2 heterocycles. The van der Waals surface area contributed by atoms with E-state index in [4.69, 9.17) is 15.8 Å². The number of aryl methyl sites for hydroxylation is 1. The van der Waals surface area contributed by atoms with E-state index in [2.05, 4.69) is 19.8 Å². The minimum absolute atomic E-state index is 0.00741. The highest BCUT2D eigenvalue weighted by Gasteiger charge is 2.38. The summed E-state index contributed by atoms with van der Waals surface area (Å²) in [7, 11) is -1.24. The van der Waals surface area contributed by atoms with Gasteiger partial charge in [-0.25, -0.2) is 13.6 Å². The Morgan fingerprint density at radius 2 is 2.03 bits per heavy atom. The van der Waals surface area contributed by atoms with Gasteiger partial charge >= 0.3 is 6.18 Å². The Kier molecular flexibility index (Phi) is 9.91. The largest absolute Gasteiger partial charge is 0.435 e. The molecule has 0 aliphatic carbocycles. The molecule has 38 heavy (non-hydrogen) atoms. The fraction of sp³-hybridized carbons (Fsp3) is 0.348. The topological polar surface area (TPSA) is 161 Å². The number of nitrogens with one attached hydrogen (secondary N) is 1. The second kappa shape index (κ2) is 12.5. The van der Waals surface area contributed by atoms with Crippen molar-refractivity contribution < 1.29 is 27.0 Å². The normalized spacial score (nSPS) is 12.6. The minimum atomic E-state index is -4.77. The fourth-order valence-electron chi connectivity index (χ4n) is 3.58. The number of anilines is 1. The van der Waals surface area contributed by atoms with E-state index in [-0.39, 0.29) is 23.6 Å². The van der Waals surface area contributed by atoms with E-state index in [1.807, 2.05) is 6.79 Å². The Morgan fingerprint density at radius 1 is 1.34 bits per heavy atom. The van der Waals surface area contributed by atoms with Crippen LogP contribution in [0.25, 0.3) is 11.3 Å². The molecular formula is C23H27F3N8O3S. The molecule has 3 N–H and O–H groups in total. The van der Waals surface area contributed by atoms with Crippen LogP contribution in [0.1, 0.15) is 28.3 Å². The van der Waals surface area contributed by atoms with Gasteiger partial charge in [0.1, 0.15) is 13.3 Å². The Morgan fingerprint density at radius 3 is 2.61 bits per heavy atom. The van der Waals surface area contributed by atoms with Crippen molar-refractivity contribution >= 4 is 28.1 Å². The van der Waals surface area contributed by atoms with Crippen molar-refractivity contribution in [1.82, 2.24) is 19.3 Å². The molecule has 0 saturated heterocycles. The summed E-state index contributed by atoms with van der Waals surface area (Å²) in [6, 6.07) is 6.55. The van der Waals surface area contributed by atoms with Gasteiger partial charge in [-0.2, -0.15) is 23.5 Å². The molecule has 0 radical (unpaired) electrons. The Hall–Kier alpha value is -4.03. The van der Waals surface area contributed by atoms with E-state index < -0.39 is 27.5 Å². The predicted octanol–water partition coefficient (Wildman–Crippen LogP) is 3.01. The summed E-state index contributed by atoms with van der Waals surface area (Å²) in [5.41, 5.74) is 5.02. The van der Waals surface area contributed by atoms with E-state index >= 15 is 0 Å². The Bertz CT molecular complexity index is 1460. The molecule has 0 aliphatic heterocycles. The van der Waals surface area contributed by atoms with Crippen LogP contribution in [0.3, 0.4) is 0 Å². The number of hydrogen-bond donors (Lipinski definition) is 2. The van der Waals surface area contributed by atoms with Gasteiger partial charge in [0.25, 0.3) is 5.91 Å². The maximum absolute atomic E-state index is 13.5. The van der Waals surface area contributed by atoms with Crippen LogP contribution in [0.4, 0.5) is 18.9 Å². The second-order valence-electron chi connectivity index (χ2n) is 8.00. The quantitative estimate of drug-likeness (QED) is 0.406. The number of benzene rings is 1. The number of carbonyl (C=O) groups is 2. The Balaban J connectivity index is 0.00000247. The van der Waals surface area contributed by atoms with E-state index in [0.29, 0.717) is 35.7 Å². The maximum Gasteiger partial charge on any atom is 0.435 e. The van der Waals surface area contributed by atoms with Crippen LogP contribution in [0.15, 0.2) is 39.9 Å². The second-order valence-corrected chi connectivity index (χ2v) is 10.3. The molecular weight excluding hydrogens is 525 g/mol. The van der Waals surface area contributed by atoms with E-state index in [1.54, 1.807) is 31.2 Å². The first-order valence-corrected chi connectivity index (χ1v) is 12.9. The lowest BCUT2D eigenvalue weighted by molar-refractivity contribution is -0.141. The number of alkyl halides is 3. The number of aromatic nitrogens is 4. The van der Waals surface area contributed by atoms with Gasteiger partial charge in [0.15, 0.2) is 11.5 Å². The molecule has 204 valence electrons. The van der Waals surface area contributed by atoms with Gasteiger partial charge in [-0.1, -0.05) is 0 Å². The van der Waals surface area contributed by atoms with Crippen molar-refractivity contribution in [3.05, 3.63) is 47.7 Å². The summed E-state index contributed by atoms with van der Waals surface area (Å²) in [6.45, 7) is 4.19. The number of hydrogen-bond acceptors (Lipinski definition) is 8. The first-order chi connectivity index (χ1) is 17.9. The number of halogens is 3. The van der Waals surface area contributed by atoms with Crippen molar-refractivity contribution in [3.63, 3.8) is 0 Å². The summed E-state index contributed by atoms with van der Waals surface area (Å²) < 4.78 is 59.8. The molecule has 3 aromatic rings. The standard InChI is InChI=1S/C22H25F3N8O2S.CH2O/c1-14-11-15(5-6-18(14)36(3,35)29-9-4-7-26)30-21(34)20-28-12-17(32(20)2)16-13-33(10-8-27)31-19(16)22(23,24)25;1-2/h5-6,11-13H,4,7,9-10,26H2,1-3H3,(H,30,34);1H2. The molecule has 0 aliphatic rings. The van der Waals surface area contributed by atoms with Crippen LogP contribution in [-0.4, -0.2) is 55.6 Å². The average Bonchev–Trinajstić information content (AvgIpc) is 3.44. The van der Waals surface area contributed by atoms with Crippen molar-refractivity contribution in [2.24, 2.45) is 17.1 Å². The van der Waals surface area contributed by atoms with E-state index in [1.165, 1.54) is 17.9 Å².